The maximum Gasteiger partial charge on any atom is 0.501 e. The number of hydrogen-bond donors (Lipinski definition) is 1. The lowest BCUT2D eigenvalue weighted by Gasteiger charge is -2.29. The molecule has 1 atom stereocenters. The van der Waals surface area contributed by atoms with Crippen molar-refractivity contribution in [3.63, 3.8) is 0 Å². The number of anilines is 1. The third-order valence-corrected chi connectivity index (χ3v) is 5.61. The van der Waals surface area contributed by atoms with Crippen LogP contribution in [0.2, 0.25) is 0 Å². The molecule has 1 aliphatic carbocycles. The number of hydrogen-bond acceptors (Lipinski definition) is 3. The van der Waals surface area contributed by atoms with Gasteiger partial charge in [0.1, 0.15) is 0 Å². The highest BCUT2D eigenvalue weighted by Crippen LogP contribution is 2.41. The molecule has 1 saturated carbocycles. The van der Waals surface area contributed by atoms with Gasteiger partial charge in [-0.2, -0.15) is 13.2 Å². The second-order valence-electron chi connectivity index (χ2n) is 6.02. The summed E-state index contributed by atoms with van der Waals surface area (Å²) in [4.78, 5) is -0.708. The van der Waals surface area contributed by atoms with Gasteiger partial charge in [0.05, 0.1) is 10.6 Å². The van der Waals surface area contributed by atoms with Crippen molar-refractivity contribution in [1.29, 1.82) is 0 Å². The van der Waals surface area contributed by atoms with Crippen LogP contribution < -0.4 is 5.32 Å². The maximum absolute atomic E-state index is 12.7. The van der Waals surface area contributed by atoms with Crippen molar-refractivity contribution in [1.82, 2.24) is 0 Å². The molecular formula is C14H18F3NO2S. The summed E-state index contributed by atoms with van der Waals surface area (Å²) in [5.74, 6) is 0. The summed E-state index contributed by atoms with van der Waals surface area (Å²) >= 11 is 0. The van der Waals surface area contributed by atoms with Crippen LogP contribution >= 0.6 is 0 Å². The van der Waals surface area contributed by atoms with Gasteiger partial charge in [0, 0.05) is 6.04 Å². The van der Waals surface area contributed by atoms with E-state index in [1.54, 1.807) is 0 Å². The molecule has 0 heterocycles. The topological polar surface area (TPSA) is 46.2 Å². The van der Waals surface area contributed by atoms with Gasteiger partial charge < -0.3 is 5.32 Å². The van der Waals surface area contributed by atoms with Crippen molar-refractivity contribution in [2.24, 2.45) is 5.41 Å². The van der Waals surface area contributed by atoms with Crippen LogP contribution in [0.3, 0.4) is 0 Å². The van der Waals surface area contributed by atoms with Gasteiger partial charge in [0.2, 0.25) is 0 Å². The lowest BCUT2D eigenvalue weighted by atomic mass is 9.87. The molecule has 1 aromatic carbocycles. The summed E-state index contributed by atoms with van der Waals surface area (Å²) in [6.07, 6.45) is 2.74. The Kier molecular flexibility index (Phi) is 3.99. The number of nitrogens with one attached hydrogen (secondary N) is 1. The summed E-state index contributed by atoms with van der Waals surface area (Å²) in [6.45, 7) is 4.05. The van der Waals surface area contributed by atoms with Gasteiger partial charge in [-0.1, -0.05) is 32.4 Å². The molecule has 0 bridgehead atoms. The highest BCUT2D eigenvalue weighted by Gasteiger charge is 2.48. The zero-order valence-electron chi connectivity index (χ0n) is 11.9. The lowest BCUT2D eigenvalue weighted by molar-refractivity contribution is -0.0435. The maximum atomic E-state index is 12.7. The molecule has 0 saturated heterocycles. The van der Waals surface area contributed by atoms with Crippen molar-refractivity contribution in [2.45, 2.75) is 49.6 Å². The molecule has 1 aromatic rings. The zero-order chi connectivity index (χ0) is 15.9. The predicted octanol–water partition coefficient (Wildman–Crippen LogP) is 3.97. The Morgan fingerprint density at radius 3 is 2.38 bits per heavy atom. The van der Waals surface area contributed by atoms with Gasteiger partial charge in [0.15, 0.2) is 0 Å². The standard InChI is InChI=1S/C14H18F3NO2S/c1-13(2)9-5-8-12(13)18-10-6-3-4-7-11(10)21(19,20)14(15,16)17/h3-4,6-7,12,18H,5,8-9H2,1-2H3. The monoisotopic (exact) mass is 321 g/mol. The van der Waals surface area contributed by atoms with Gasteiger partial charge in [-0.05, 0) is 30.4 Å². The van der Waals surface area contributed by atoms with Crippen LogP contribution in [0.4, 0.5) is 18.9 Å². The SMILES string of the molecule is CC1(C)CCCC1Nc1ccccc1S(=O)(=O)C(F)(F)F. The normalized spacial score (nSPS) is 22.2. The fourth-order valence-electron chi connectivity index (χ4n) is 2.73. The average Bonchev–Trinajstić information content (AvgIpc) is 2.68. The predicted molar refractivity (Wildman–Crippen MR) is 74.7 cm³/mol. The number of benzene rings is 1. The molecule has 1 unspecified atom stereocenters. The second-order valence-corrected chi connectivity index (χ2v) is 7.93. The molecule has 1 aliphatic rings. The quantitative estimate of drug-likeness (QED) is 0.916. The highest BCUT2D eigenvalue weighted by molar-refractivity contribution is 7.92. The molecule has 2 rings (SSSR count). The van der Waals surface area contributed by atoms with E-state index in [0.717, 1.165) is 25.3 Å². The first-order valence-corrected chi connectivity index (χ1v) is 8.21. The van der Waals surface area contributed by atoms with Crippen LogP contribution in [0.15, 0.2) is 29.2 Å². The van der Waals surface area contributed by atoms with Gasteiger partial charge in [-0.25, -0.2) is 8.42 Å². The Hall–Kier alpha value is -1.24. The Morgan fingerprint density at radius 2 is 1.86 bits per heavy atom. The molecule has 0 radical (unpaired) electrons. The third-order valence-electron chi connectivity index (χ3n) is 4.07. The summed E-state index contributed by atoms with van der Waals surface area (Å²) in [5, 5.41) is 3.00. The van der Waals surface area contributed by atoms with Crippen molar-refractivity contribution >= 4 is 15.5 Å². The van der Waals surface area contributed by atoms with Crippen molar-refractivity contribution in [2.75, 3.05) is 5.32 Å². The van der Waals surface area contributed by atoms with E-state index in [-0.39, 0.29) is 17.1 Å². The Morgan fingerprint density at radius 1 is 1.24 bits per heavy atom. The lowest BCUT2D eigenvalue weighted by Crippen LogP contribution is -2.32. The van der Waals surface area contributed by atoms with Crippen LogP contribution in [0.1, 0.15) is 33.1 Å². The van der Waals surface area contributed by atoms with Gasteiger partial charge >= 0.3 is 5.51 Å². The largest absolute Gasteiger partial charge is 0.501 e. The average molecular weight is 321 g/mol. The van der Waals surface area contributed by atoms with E-state index in [9.17, 15) is 21.6 Å². The van der Waals surface area contributed by atoms with E-state index >= 15 is 0 Å². The molecule has 118 valence electrons. The molecule has 0 amide bonds. The molecular weight excluding hydrogens is 303 g/mol. The van der Waals surface area contributed by atoms with Gasteiger partial charge in [-0.3, -0.25) is 0 Å². The van der Waals surface area contributed by atoms with Gasteiger partial charge in [0.25, 0.3) is 9.84 Å². The minimum Gasteiger partial charge on any atom is -0.381 e. The number of rotatable bonds is 3. The molecule has 21 heavy (non-hydrogen) atoms. The van der Waals surface area contributed by atoms with E-state index in [2.05, 4.69) is 5.32 Å². The van der Waals surface area contributed by atoms with Crippen molar-refractivity contribution in [3.05, 3.63) is 24.3 Å². The first-order valence-electron chi connectivity index (χ1n) is 6.73. The highest BCUT2D eigenvalue weighted by atomic mass is 32.2. The molecule has 0 aromatic heterocycles. The minimum atomic E-state index is -5.35. The minimum absolute atomic E-state index is 0.0230. The number of alkyl halides is 3. The molecule has 0 spiro atoms. The molecule has 0 aliphatic heterocycles. The van der Waals surface area contributed by atoms with Crippen LogP contribution in [0.25, 0.3) is 0 Å². The molecule has 3 nitrogen and oxygen atoms in total. The third kappa shape index (κ3) is 3.02. The fourth-order valence-corrected chi connectivity index (χ4v) is 3.65. The molecule has 1 fully saturated rings. The van der Waals surface area contributed by atoms with Crippen molar-refractivity contribution in [3.8, 4) is 0 Å². The van der Waals surface area contributed by atoms with E-state index < -0.39 is 20.2 Å². The van der Waals surface area contributed by atoms with E-state index in [1.807, 2.05) is 13.8 Å². The Labute approximate surface area is 122 Å². The summed E-state index contributed by atoms with van der Waals surface area (Å²) in [7, 11) is -5.35. The summed E-state index contributed by atoms with van der Waals surface area (Å²) in [6, 6.07) is 5.16. The summed E-state index contributed by atoms with van der Waals surface area (Å²) < 4.78 is 61.5. The van der Waals surface area contributed by atoms with Crippen LogP contribution in [-0.4, -0.2) is 20.0 Å². The fraction of sp³-hybridized carbons (Fsp3) is 0.571. The van der Waals surface area contributed by atoms with E-state index in [0.29, 0.717) is 0 Å². The molecule has 1 N–H and O–H groups in total. The Bertz CT molecular complexity index is 623. The van der Waals surface area contributed by atoms with Crippen LogP contribution in [-0.2, 0) is 9.84 Å². The Balaban J connectivity index is 2.39. The number of para-hydroxylation sites is 1. The van der Waals surface area contributed by atoms with E-state index in [4.69, 9.17) is 0 Å². The van der Waals surface area contributed by atoms with Crippen LogP contribution in [0, 0.1) is 5.41 Å². The van der Waals surface area contributed by atoms with Gasteiger partial charge in [-0.15, -0.1) is 0 Å². The second kappa shape index (κ2) is 5.19. The number of sulfone groups is 1. The first kappa shape index (κ1) is 16.1. The van der Waals surface area contributed by atoms with Crippen LogP contribution in [0.5, 0.6) is 0 Å². The first-order chi connectivity index (χ1) is 9.56. The number of halogens is 3. The smallest absolute Gasteiger partial charge is 0.381 e. The van der Waals surface area contributed by atoms with Crippen molar-refractivity contribution < 1.29 is 21.6 Å². The van der Waals surface area contributed by atoms with E-state index in [1.165, 1.54) is 18.2 Å². The molecule has 7 heteroatoms. The zero-order valence-corrected chi connectivity index (χ0v) is 12.7. The summed E-state index contributed by atoms with van der Waals surface area (Å²) in [5.41, 5.74) is -5.35.